The molecule has 4 rings (SSSR count). The molecule has 0 radical (unpaired) electrons. The van der Waals surface area contributed by atoms with Crippen molar-refractivity contribution in [2.24, 2.45) is 5.92 Å². The van der Waals surface area contributed by atoms with Crippen LogP contribution in [0.1, 0.15) is 18.7 Å². The number of likely N-dealkylation sites (tertiary alicyclic amines) is 1. The summed E-state index contributed by atoms with van der Waals surface area (Å²) >= 11 is 6.86. The van der Waals surface area contributed by atoms with E-state index in [0.29, 0.717) is 18.3 Å². The largest absolute Gasteiger partial charge is 0.338 e. The van der Waals surface area contributed by atoms with Gasteiger partial charge in [-0.05, 0) is 62.3 Å². The van der Waals surface area contributed by atoms with Gasteiger partial charge in [0.05, 0.1) is 6.54 Å². The summed E-state index contributed by atoms with van der Waals surface area (Å²) in [5.74, 6) is 1.29. The number of amides is 1. The first-order valence-electron chi connectivity index (χ1n) is 9.44. The van der Waals surface area contributed by atoms with Crippen LogP contribution in [-0.2, 0) is 11.3 Å². The predicted molar refractivity (Wildman–Crippen MR) is 118 cm³/mol. The van der Waals surface area contributed by atoms with Crippen molar-refractivity contribution in [3.63, 3.8) is 0 Å². The van der Waals surface area contributed by atoms with Gasteiger partial charge < -0.3 is 9.84 Å². The third-order valence-corrected chi connectivity index (χ3v) is 6.00. The maximum atomic E-state index is 12.5. The third-order valence-electron chi connectivity index (χ3n) is 4.98. The molecule has 0 bridgehead atoms. The number of hydrogen-bond acceptors (Lipinski definition) is 5. The number of benzene rings is 2. The number of nitrogens with one attached hydrogen (secondary N) is 1. The Labute approximate surface area is 185 Å². The van der Waals surface area contributed by atoms with Gasteiger partial charge in [-0.3, -0.25) is 9.69 Å². The van der Waals surface area contributed by atoms with Crippen LogP contribution in [0.15, 0.2) is 62.0 Å². The van der Waals surface area contributed by atoms with Crippen molar-refractivity contribution in [2.75, 3.05) is 18.4 Å². The second-order valence-electron chi connectivity index (χ2n) is 7.07. The number of carbonyl (C=O) groups is 1. The molecule has 1 aliphatic heterocycles. The zero-order valence-electron chi connectivity index (χ0n) is 15.6. The highest BCUT2D eigenvalue weighted by molar-refractivity contribution is 9.10. The van der Waals surface area contributed by atoms with Crippen molar-refractivity contribution in [3.05, 3.63) is 63.4 Å². The molecule has 0 saturated carbocycles. The van der Waals surface area contributed by atoms with Crippen LogP contribution >= 0.6 is 31.9 Å². The maximum absolute atomic E-state index is 12.5. The standard InChI is InChI=1S/C21H20Br2N4O2/c22-16-4-6-18(7-5-16)24-21(28)14-8-10-27(11-9-14)13-19-25-20(26-29-19)15-2-1-3-17(23)12-15/h1-7,12,14H,8-11,13H2,(H,24,28). The Morgan fingerprint density at radius 3 is 2.59 bits per heavy atom. The molecular formula is C21H20Br2N4O2. The lowest BCUT2D eigenvalue weighted by atomic mass is 9.96. The maximum Gasteiger partial charge on any atom is 0.241 e. The highest BCUT2D eigenvalue weighted by Gasteiger charge is 2.26. The Bertz CT molecular complexity index is 982. The normalized spacial score (nSPS) is 15.4. The van der Waals surface area contributed by atoms with Gasteiger partial charge in [-0.1, -0.05) is 49.1 Å². The Hall–Kier alpha value is -2.03. The second kappa shape index (κ2) is 9.19. The van der Waals surface area contributed by atoms with Gasteiger partial charge >= 0.3 is 0 Å². The van der Waals surface area contributed by atoms with Crippen molar-refractivity contribution in [3.8, 4) is 11.4 Å². The number of aromatic nitrogens is 2. The highest BCUT2D eigenvalue weighted by Crippen LogP contribution is 2.23. The Morgan fingerprint density at radius 1 is 1.10 bits per heavy atom. The molecule has 0 aliphatic carbocycles. The molecule has 29 heavy (non-hydrogen) atoms. The quantitative estimate of drug-likeness (QED) is 0.507. The summed E-state index contributed by atoms with van der Waals surface area (Å²) < 4.78 is 7.39. The minimum absolute atomic E-state index is 0.0230. The molecule has 6 nitrogen and oxygen atoms in total. The number of hydrogen-bond donors (Lipinski definition) is 1. The second-order valence-corrected chi connectivity index (χ2v) is 8.90. The molecule has 1 fully saturated rings. The first-order valence-corrected chi connectivity index (χ1v) is 11.0. The minimum Gasteiger partial charge on any atom is -0.338 e. The van der Waals surface area contributed by atoms with E-state index in [4.69, 9.17) is 4.52 Å². The number of carbonyl (C=O) groups excluding carboxylic acids is 1. The summed E-state index contributed by atoms with van der Waals surface area (Å²) in [6.07, 6.45) is 1.63. The van der Waals surface area contributed by atoms with Gasteiger partial charge in [-0.15, -0.1) is 0 Å². The van der Waals surface area contributed by atoms with Gasteiger partial charge in [0.25, 0.3) is 0 Å². The first kappa shape index (κ1) is 20.3. The van der Waals surface area contributed by atoms with Gasteiger partial charge in [0.2, 0.25) is 17.6 Å². The van der Waals surface area contributed by atoms with Crippen molar-refractivity contribution < 1.29 is 9.32 Å². The number of halogens is 2. The zero-order valence-corrected chi connectivity index (χ0v) is 18.8. The summed E-state index contributed by atoms with van der Waals surface area (Å²) in [6.45, 7) is 2.25. The fraction of sp³-hybridized carbons (Fsp3) is 0.286. The lowest BCUT2D eigenvalue weighted by Gasteiger charge is -2.30. The van der Waals surface area contributed by atoms with Crippen LogP contribution in [0.25, 0.3) is 11.4 Å². The summed E-state index contributed by atoms with van der Waals surface area (Å²) in [4.78, 5) is 19.3. The van der Waals surface area contributed by atoms with Crippen molar-refractivity contribution in [2.45, 2.75) is 19.4 Å². The van der Waals surface area contributed by atoms with Gasteiger partial charge in [-0.25, -0.2) is 0 Å². The Balaban J connectivity index is 1.29. The molecule has 0 spiro atoms. The molecule has 150 valence electrons. The van der Waals surface area contributed by atoms with Crippen LogP contribution in [0.5, 0.6) is 0 Å². The lowest BCUT2D eigenvalue weighted by Crippen LogP contribution is -2.37. The van der Waals surface area contributed by atoms with E-state index >= 15 is 0 Å². The van der Waals surface area contributed by atoms with E-state index in [1.165, 1.54) is 0 Å². The SMILES string of the molecule is O=C(Nc1ccc(Br)cc1)C1CCN(Cc2nc(-c3cccc(Br)c3)no2)CC1. The Kier molecular flexibility index (Phi) is 6.42. The van der Waals surface area contributed by atoms with E-state index in [1.807, 2.05) is 48.5 Å². The average molecular weight is 520 g/mol. The molecule has 1 saturated heterocycles. The number of anilines is 1. The van der Waals surface area contributed by atoms with E-state index < -0.39 is 0 Å². The molecule has 0 unspecified atom stereocenters. The van der Waals surface area contributed by atoms with Crippen LogP contribution in [-0.4, -0.2) is 34.0 Å². The lowest BCUT2D eigenvalue weighted by molar-refractivity contribution is -0.121. The van der Waals surface area contributed by atoms with E-state index in [1.54, 1.807) is 0 Å². The molecule has 1 N–H and O–H groups in total. The molecule has 8 heteroatoms. The minimum atomic E-state index is 0.0230. The van der Waals surface area contributed by atoms with Gasteiger partial charge in [0, 0.05) is 26.1 Å². The van der Waals surface area contributed by atoms with Gasteiger partial charge in [0.15, 0.2) is 0 Å². The number of nitrogens with zero attached hydrogens (tertiary/aromatic N) is 3. The van der Waals surface area contributed by atoms with Crippen molar-refractivity contribution in [1.29, 1.82) is 0 Å². The summed E-state index contributed by atoms with van der Waals surface area (Å²) in [5, 5.41) is 7.09. The van der Waals surface area contributed by atoms with Crippen molar-refractivity contribution in [1.82, 2.24) is 15.0 Å². The number of rotatable bonds is 5. The summed E-state index contributed by atoms with van der Waals surface area (Å²) in [7, 11) is 0. The molecule has 2 heterocycles. The smallest absolute Gasteiger partial charge is 0.241 e. The first-order chi connectivity index (χ1) is 14.1. The highest BCUT2D eigenvalue weighted by atomic mass is 79.9. The van der Waals surface area contributed by atoms with E-state index in [-0.39, 0.29) is 11.8 Å². The van der Waals surface area contributed by atoms with Crippen LogP contribution < -0.4 is 5.32 Å². The topological polar surface area (TPSA) is 71.3 Å². The van der Waals surface area contributed by atoms with Gasteiger partial charge in [-0.2, -0.15) is 4.98 Å². The number of piperidine rings is 1. The molecule has 1 aromatic heterocycles. The van der Waals surface area contributed by atoms with Crippen LogP contribution in [0.3, 0.4) is 0 Å². The summed E-state index contributed by atoms with van der Waals surface area (Å²) in [6, 6.07) is 15.5. The van der Waals surface area contributed by atoms with Crippen LogP contribution in [0, 0.1) is 5.92 Å². The van der Waals surface area contributed by atoms with E-state index in [9.17, 15) is 4.79 Å². The fourth-order valence-electron chi connectivity index (χ4n) is 3.39. The molecule has 3 aromatic rings. The molecule has 1 amide bonds. The molecular weight excluding hydrogens is 500 g/mol. The Morgan fingerprint density at radius 2 is 1.86 bits per heavy atom. The zero-order chi connectivity index (χ0) is 20.2. The average Bonchev–Trinajstić information content (AvgIpc) is 3.19. The molecule has 2 aromatic carbocycles. The monoisotopic (exact) mass is 518 g/mol. The fourth-order valence-corrected chi connectivity index (χ4v) is 4.05. The van der Waals surface area contributed by atoms with Gasteiger partial charge in [0.1, 0.15) is 0 Å². The van der Waals surface area contributed by atoms with Crippen molar-refractivity contribution >= 4 is 43.5 Å². The van der Waals surface area contributed by atoms with Crippen LogP contribution in [0.2, 0.25) is 0 Å². The molecule has 1 aliphatic rings. The van der Waals surface area contributed by atoms with E-state index in [2.05, 4.69) is 52.2 Å². The summed E-state index contributed by atoms with van der Waals surface area (Å²) in [5.41, 5.74) is 1.74. The van der Waals surface area contributed by atoms with Crippen LogP contribution in [0.4, 0.5) is 5.69 Å². The van der Waals surface area contributed by atoms with E-state index in [0.717, 1.165) is 46.1 Å². The third kappa shape index (κ3) is 5.32. The molecule has 0 atom stereocenters. The predicted octanol–water partition coefficient (Wildman–Crippen LogP) is 5.11.